The van der Waals surface area contributed by atoms with Crippen molar-refractivity contribution in [1.82, 2.24) is 4.98 Å². The molecule has 1 aromatic heterocycles. The molecule has 0 amide bonds. The highest BCUT2D eigenvalue weighted by Gasteiger charge is 2.10. The lowest BCUT2D eigenvalue weighted by Gasteiger charge is -2.13. The van der Waals surface area contributed by atoms with E-state index in [0.717, 1.165) is 5.56 Å². The molecule has 3 heteroatoms. The molecule has 0 bridgehead atoms. The van der Waals surface area contributed by atoms with Crippen molar-refractivity contribution in [3.8, 4) is 0 Å². The van der Waals surface area contributed by atoms with E-state index in [2.05, 4.69) is 11.9 Å². The van der Waals surface area contributed by atoms with Crippen LogP contribution in [-0.2, 0) is 0 Å². The number of aromatic nitrogens is 1. The number of nitrogens with two attached hydrogens (primary N) is 1. The third kappa shape index (κ3) is 2.50. The normalized spacial score (nSPS) is 12.5. The lowest BCUT2D eigenvalue weighted by molar-refractivity contribution is 0.617. The van der Waals surface area contributed by atoms with Gasteiger partial charge in [0.15, 0.2) is 0 Å². The van der Waals surface area contributed by atoms with E-state index < -0.39 is 0 Å². The van der Waals surface area contributed by atoms with Crippen LogP contribution in [0.3, 0.4) is 0 Å². The lowest BCUT2D eigenvalue weighted by atomic mass is 9.99. The standard InChI is InChI=1S/C14H15FN2/c1-9-3-4-11(7-10(9)2)14(16)13-6-5-12(15)8-17-13/h3-8,14H,16H2,1-2H3. The molecule has 1 heterocycles. The molecule has 1 unspecified atom stereocenters. The Hall–Kier alpha value is -1.74. The summed E-state index contributed by atoms with van der Waals surface area (Å²) in [4.78, 5) is 4.01. The topological polar surface area (TPSA) is 38.9 Å². The molecule has 0 saturated heterocycles. The highest BCUT2D eigenvalue weighted by Crippen LogP contribution is 2.20. The number of hydrogen-bond donors (Lipinski definition) is 1. The minimum atomic E-state index is -0.346. The fraction of sp³-hybridized carbons (Fsp3) is 0.214. The highest BCUT2D eigenvalue weighted by atomic mass is 19.1. The molecule has 2 rings (SSSR count). The van der Waals surface area contributed by atoms with Crippen LogP contribution in [-0.4, -0.2) is 4.98 Å². The highest BCUT2D eigenvalue weighted by molar-refractivity contribution is 5.34. The van der Waals surface area contributed by atoms with Crippen LogP contribution < -0.4 is 5.73 Å². The first-order valence-corrected chi connectivity index (χ1v) is 5.52. The Morgan fingerprint density at radius 1 is 1.12 bits per heavy atom. The van der Waals surface area contributed by atoms with Gasteiger partial charge >= 0.3 is 0 Å². The summed E-state index contributed by atoms with van der Waals surface area (Å²) in [5, 5.41) is 0. The van der Waals surface area contributed by atoms with E-state index in [1.54, 1.807) is 6.07 Å². The van der Waals surface area contributed by atoms with E-state index in [0.29, 0.717) is 5.69 Å². The van der Waals surface area contributed by atoms with Crippen molar-refractivity contribution in [3.63, 3.8) is 0 Å². The molecule has 88 valence electrons. The van der Waals surface area contributed by atoms with E-state index >= 15 is 0 Å². The van der Waals surface area contributed by atoms with Crippen molar-refractivity contribution in [1.29, 1.82) is 0 Å². The Morgan fingerprint density at radius 2 is 1.88 bits per heavy atom. The van der Waals surface area contributed by atoms with E-state index in [4.69, 9.17) is 5.73 Å². The van der Waals surface area contributed by atoms with Crippen LogP contribution in [0.2, 0.25) is 0 Å². The predicted molar refractivity (Wildman–Crippen MR) is 66.1 cm³/mol. The number of halogens is 1. The zero-order chi connectivity index (χ0) is 12.4. The van der Waals surface area contributed by atoms with Gasteiger partial charge in [-0.25, -0.2) is 4.39 Å². The monoisotopic (exact) mass is 230 g/mol. The average molecular weight is 230 g/mol. The van der Waals surface area contributed by atoms with Gasteiger partial charge in [-0.2, -0.15) is 0 Å². The van der Waals surface area contributed by atoms with Crippen LogP contribution in [0.5, 0.6) is 0 Å². The Kier molecular flexibility index (Phi) is 3.20. The first-order valence-electron chi connectivity index (χ1n) is 5.52. The largest absolute Gasteiger partial charge is 0.319 e. The SMILES string of the molecule is Cc1ccc(C(N)c2ccc(F)cn2)cc1C. The van der Waals surface area contributed by atoms with Gasteiger partial charge in [0.1, 0.15) is 5.82 Å². The summed E-state index contributed by atoms with van der Waals surface area (Å²) in [5.74, 6) is -0.346. The number of pyridine rings is 1. The molecular formula is C14H15FN2. The van der Waals surface area contributed by atoms with Gasteiger partial charge in [0.25, 0.3) is 0 Å². The van der Waals surface area contributed by atoms with Crippen molar-refractivity contribution in [2.45, 2.75) is 19.9 Å². The molecule has 1 aromatic carbocycles. The maximum absolute atomic E-state index is 12.8. The summed E-state index contributed by atoms with van der Waals surface area (Å²) in [6.45, 7) is 4.10. The van der Waals surface area contributed by atoms with Gasteiger partial charge in [0, 0.05) is 0 Å². The molecule has 0 saturated carbocycles. The van der Waals surface area contributed by atoms with Crippen LogP contribution in [0, 0.1) is 19.7 Å². The summed E-state index contributed by atoms with van der Waals surface area (Å²) in [5.41, 5.74) is 10.2. The second-order valence-corrected chi connectivity index (χ2v) is 4.22. The van der Waals surface area contributed by atoms with Crippen molar-refractivity contribution in [3.05, 3.63) is 64.7 Å². The molecule has 2 N–H and O–H groups in total. The van der Waals surface area contributed by atoms with E-state index in [1.807, 2.05) is 25.1 Å². The lowest BCUT2D eigenvalue weighted by Crippen LogP contribution is -2.13. The molecule has 2 aromatic rings. The van der Waals surface area contributed by atoms with Crippen LogP contribution >= 0.6 is 0 Å². The summed E-state index contributed by atoms with van der Waals surface area (Å²) >= 11 is 0. The van der Waals surface area contributed by atoms with E-state index in [-0.39, 0.29) is 11.9 Å². The zero-order valence-electron chi connectivity index (χ0n) is 9.94. The van der Waals surface area contributed by atoms with Crippen LogP contribution in [0.4, 0.5) is 4.39 Å². The number of nitrogens with zero attached hydrogens (tertiary/aromatic N) is 1. The van der Waals surface area contributed by atoms with Gasteiger partial charge < -0.3 is 5.73 Å². The second kappa shape index (κ2) is 4.63. The average Bonchev–Trinajstić information content (AvgIpc) is 2.33. The van der Waals surface area contributed by atoms with E-state index in [9.17, 15) is 4.39 Å². The molecular weight excluding hydrogens is 215 g/mol. The first kappa shape index (κ1) is 11.7. The van der Waals surface area contributed by atoms with Gasteiger partial charge in [-0.15, -0.1) is 0 Å². The second-order valence-electron chi connectivity index (χ2n) is 4.22. The summed E-state index contributed by atoms with van der Waals surface area (Å²) in [6, 6.07) is 8.75. The molecule has 0 aliphatic carbocycles. The minimum Gasteiger partial charge on any atom is -0.319 e. The number of aryl methyl sites for hydroxylation is 2. The zero-order valence-corrected chi connectivity index (χ0v) is 9.94. The quantitative estimate of drug-likeness (QED) is 0.861. The third-order valence-electron chi connectivity index (χ3n) is 2.96. The van der Waals surface area contributed by atoms with Gasteiger partial charge in [0.05, 0.1) is 17.9 Å². The third-order valence-corrected chi connectivity index (χ3v) is 2.96. The van der Waals surface area contributed by atoms with Crippen LogP contribution in [0.1, 0.15) is 28.4 Å². The summed E-state index contributed by atoms with van der Waals surface area (Å²) in [6.07, 6.45) is 1.19. The summed E-state index contributed by atoms with van der Waals surface area (Å²) < 4.78 is 12.8. The van der Waals surface area contributed by atoms with Crippen LogP contribution in [0.25, 0.3) is 0 Å². The Balaban J connectivity index is 2.33. The minimum absolute atomic E-state index is 0.310. The molecule has 0 aliphatic rings. The Labute approximate surface area is 100 Å². The van der Waals surface area contributed by atoms with Gasteiger partial charge in [-0.05, 0) is 42.7 Å². The number of rotatable bonds is 2. The molecule has 0 radical (unpaired) electrons. The van der Waals surface area contributed by atoms with Crippen molar-refractivity contribution < 1.29 is 4.39 Å². The van der Waals surface area contributed by atoms with E-state index in [1.165, 1.54) is 23.4 Å². The Bertz CT molecular complexity index is 520. The molecule has 1 atom stereocenters. The molecule has 0 spiro atoms. The van der Waals surface area contributed by atoms with Crippen LogP contribution in [0.15, 0.2) is 36.5 Å². The van der Waals surface area contributed by atoms with Gasteiger partial charge in [0.2, 0.25) is 0 Å². The fourth-order valence-corrected chi connectivity index (χ4v) is 1.70. The van der Waals surface area contributed by atoms with Gasteiger partial charge in [-0.3, -0.25) is 4.98 Å². The smallest absolute Gasteiger partial charge is 0.141 e. The molecule has 0 fully saturated rings. The number of benzene rings is 1. The predicted octanol–water partition coefficient (Wildman–Crippen LogP) is 2.89. The fourth-order valence-electron chi connectivity index (χ4n) is 1.70. The van der Waals surface area contributed by atoms with Gasteiger partial charge in [-0.1, -0.05) is 18.2 Å². The number of hydrogen-bond acceptors (Lipinski definition) is 2. The van der Waals surface area contributed by atoms with Crippen molar-refractivity contribution >= 4 is 0 Å². The van der Waals surface area contributed by atoms with Crippen molar-refractivity contribution in [2.75, 3.05) is 0 Å². The maximum Gasteiger partial charge on any atom is 0.141 e. The Morgan fingerprint density at radius 3 is 2.47 bits per heavy atom. The summed E-state index contributed by atoms with van der Waals surface area (Å²) in [7, 11) is 0. The maximum atomic E-state index is 12.8. The molecule has 0 aliphatic heterocycles. The first-order chi connectivity index (χ1) is 8.08. The molecule has 2 nitrogen and oxygen atoms in total. The molecule has 17 heavy (non-hydrogen) atoms. The van der Waals surface area contributed by atoms with Crippen molar-refractivity contribution in [2.24, 2.45) is 5.73 Å².